The second-order valence-corrected chi connectivity index (χ2v) is 5.31. The standard InChI is InChI=1S/C15H12ClF2N5O2/c16-11-8-10(2-3-13(11)25-15(17)18)20-14(24)12-4-7-23(21-12)9-22-6-1-5-19-22/h1-8,15H,9H2,(H,20,24). The Balaban J connectivity index is 1.66. The lowest BCUT2D eigenvalue weighted by Gasteiger charge is -2.09. The van der Waals surface area contributed by atoms with Crippen LogP contribution < -0.4 is 10.1 Å². The van der Waals surface area contributed by atoms with E-state index >= 15 is 0 Å². The minimum absolute atomic E-state index is 0.0395. The number of ether oxygens (including phenoxy) is 1. The van der Waals surface area contributed by atoms with Crippen LogP contribution in [0, 0.1) is 0 Å². The molecule has 0 saturated carbocycles. The maximum absolute atomic E-state index is 12.2. The van der Waals surface area contributed by atoms with Gasteiger partial charge in [0.15, 0.2) is 5.69 Å². The number of hydrogen-bond donors (Lipinski definition) is 1. The zero-order valence-corrected chi connectivity index (χ0v) is 13.4. The summed E-state index contributed by atoms with van der Waals surface area (Å²) in [6, 6.07) is 7.30. The maximum atomic E-state index is 12.2. The molecule has 0 radical (unpaired) electrons. The Morgan fingerprint density at radius 2 is 2.12 bits per heavy atom. The Labute approximate surface area is 145 Å². The predicted molar refractivity (Wildman–Crippen MR) is 85.9 cm³/mol. The van der Waals surface area contributed by atoms with Gasteiger partial charge in [-0.1, -0.05) is 11.6 Å². The molecule has 0 saturated heterocycles. The van der Waals surface area contributed by atoms with E-state index in [0.717, 1.165) is 0 Å². The van der Waals surface area contributed by atoms with Crippen molar-refractivity contribution in [3.63, 3.8) is 0 Å². The first-order valence-electron chi connectivity index (χ1n) is 7.08. The average molecular weight is 368 g/mol. The molecule has 0 atom stereocenters. The molecule has 0 aliphatic rings. The molecule has 7 nitrogen and oxygen atoms in total. The van der Waals surface area contributed by atoms with Crippen LogP contribution in [0.15, 0.2) is 48.9 Å². The predicted octanol–water partition coefficient (Wildman–Crippen LogP) is 3.09. The Kier molecular flexibility index (Phi) is 4.94. The summed E-state index contributed by atoms with van der Waals surface area (Å²) in [6.45, 7) is -2.61. The summed E-state index contributed by atoms with van der Waals surface area (Å²) in [7, 11) is 0. The molecule has 2 heterocycles. The minimum atomic E-state index is -2.98. The summed E-state index contributed by atoms with van der Waals surface area (Å²) in [5.74, 6) is -0.629. The fourth-order valence-corrected chi connectivity index (χ4v) is 2.28. The Bertz CT molecular complexity index is 867. The summed E-state index contributed by atoms with van der Waals surface area (Å²) in [4.78, 5) is 12.2. The lowest BCUT2D eigenvalue weighted by molar-refractivity contribution is -0.0497. The van der Waals surface area contributed by atoms with Crippen molar-refractivity contribution in [1.29, 1.82) is 0 Å². The van der Waals surface area contributed by atoms with E-state index in [1.165, 1.54) is 18.2 Å². The number of halogens is 3. The number of alkyl halides is 2. The van der Waals surface area contributed by atoms with Gasteiger partial charge in [-0.3, -0.25) is 14.2 Å². The molecule has 0 unspecified atom stereocenters. The van der Waals surface area contributed by atoms with Crippen molar-refractivity contribution in [3.8, 4) is 5.75 Å². The van der Waals surface area contributed by atoms with Gasteiger partial charge in [0.05, 0.1) is 5.02 Å². The third kappa shape index (κ3) is 4.32. The van der Waals surface area contributed by atoms with E-state index < -0.39 is 12.5 Å². The van der Waals surface area contributed by atoms with Gasteiger partial charge in [0.25, 0.3) is 5.91 Å². The van der Waals surface area contributed by atoms with E-state index in [1.54, 1.807) is 40.1 Å². The Morgan fingerprint density at radius 3 is 2.80 bits per heavy atom. The number of carbonyl (C=O) groups is 1. The summed E-state index contributed by atoms with van der Waals surface area (Å²) >= 11 is 5.85. The van der Waals surface area contributed by atoms with E-state index in [9.17, 15) is 13.6 Å². The Hall–Kier alpha value is -2.94. The molecule has 1 N–H and O–H groups in total. The quantitative estimate of drug-likeness (QED) is 0.726. The van der Waals surface area contributed by atoms with Crippen LogP contribution in [0.5, 0.6) is 5.75 Å². The van der Waals surface area contributed by atoms with Gasteiger partial charge in [0, 0.05) is 24.3 Å². The molecule has 1 aromatic carbocycles. The fraction of sp³-hybridized carbons (Fsp3) is 0.133. The number of carbonyl (C=O) groups excluding carboxylic acids is 1. The molecular formula is C15H12ClF2N5O2. The largest absolute Gasteiger partial charge is 0.433 e. The van der Waals surface area contributed by atoms with E-state index in [-0.39, 0.29) is 16.5 Å². The highest BCUT2D eigenvalue weighted by molar-refractivity contribution is 6.32. The van der Waals surface area contributed by atoms with Crippen molar-refractivity contribution < 1.29 is 18.3 Å². The zero-order valence-electron chi connectivity index (χ0n) is 12.6. The number of nitrogens with zero attached hydrogens (tertiary/aromatic N) is 4. The van der Waals surface area contributed by atoms with Crippen LogP contribution in [-0.4, -0.2) is 32.1 Å². The summed E-state index contributed by atoms with van der Waals surface area (Å²) < 4.78 is 31.8. The molecule has 2 aromatic heterocycles. The van der Waals surface area contributed by atoms with Gasteiger partial charge in [-0.2, -0.15) is 19.0 Å². The minimum Gasteiger partial charge on any atom is -0.433 e. The fourth-order valence-electron chi connectivity index (χ4n) is 2.06. The second-order valence-electron chi connectivity index (χ2n) is 4.91. The molecule has 0 fully saturated rings. The van der Waals surface area contributed by atoms with E-state index in [1.807, 2.05) is 0 Å². The van der Waals surface area contributed by atoms with Crippen molar-refractivity contribution in [1.82, 2.24) is 19.6 Å². The first-order chi connectivity index (χ1) is 12.0. The van der Waals surface area contributed by atoms with Crippen molar-refractivity contribution in [2.75, 3.05) is 5.32 Å². The van der Waals surface area contributed by atoms with Gasteiger partial charge in [-0.15, -0.1) is 0 Å². The third-order valence-corrected chi connectivity index (χ3v) is 3.42. The van der Waals surface area contributed by atoms with E-state index in [2.05, 4.69) is 20.3 Å². The van der Waals surface area contributed by atoms with Crippen LogP contribution >= 0.6 is 11.6 Å². The first kappa shape index (κ1) is 16.9. The van der Waals surface area contributed by atoms with E-state index in [4.69, 9.17) is 11.6 Å². The number of rotatable bonds is 6. The molecule has 130 valence electrons. The van der Waals surface area contributed by atoms with Gasteiger partial charge >= 0.3 is 6.61 Å². The lowest BCUT2D eigenvalue weighted by Crippen LogP contribution is -2.15. The van der Waals surface area contributed by atoms with Crippen molar-refractivity contribution >= 4 is 23.2 Å². The third-order valence-electron chi connectivity index (χ3n) is 3.13. The highest BCUT2D eigenvalue weighted by Crippen LogP contribution is 2.29. The molecule has 3 rings (SSSR count). The lowest BCUT2D eigenvalue weighted by atomic mass is 10.3. The number of hydrogen-bond acceptors (Lipinski definition) is 4. The number of anilines is 1. The molecule has 0 bridgehead atoms. The number of nitrogens with one attached hydrogen (secondary N) is 1. The van der Waals surface area contributed by atoms with Gasteiger partial charge in [-0.25, -0.2) is 0 Å². The van der Waals surface area contributed by atoms with Gasteiger partial charge in [-0.05, 0) is 30.3 Å². The molecule has 3 aromatic rings. The van der Waals surface area contributed by atoms with Crippen molar-refractivity contribution in [3.05, 3.63) is 59.6 Å². The Morgan fingerprint density at radius 1 is 1.28 bits per heavy atom. The molecule has 10 heteroatoms. The highest BCUT2D eigenvalue weighted by atomic mass is 35.5. The van der Waals surface area contributed by atoms with Crippen LogP contribution in [0.3, 0.4) is 0 Å². The monoisotopic (exact) mass is 367 g/mol. The zero-order chi connectivity index (χ0) is 17.8. The molecular weight excluding hydrogens is 356 g/mol. The van der Waals surface area contributed by atoms with Crippen molar-refractivity contribution in [2.24, 2.45) is 0 Å². The van der Waals surface area contributed by atoms with E-state index in [0.29, 0.717) is 12.4 Å². The molecule has 1 amide bonds. The summed E-state index contributed by atoms with van der Waals surface area (Å²) in [5, 5.41) is 10.7. The average Bonchev–Trinajstić information content (AvgIpc) is 3.22. The maximum Gasteiger partial charge on any atom is 0.387 e. The molecule has 0 spiro atoms. The highest BCUT2D eigenvalue weighted by Gasteiger charge is 2.13. The van der Waals surface area contributed by atoms with Gasteiger partial charge < -0.3 is 10.1 Å². The number of benzene rings is 1. The van der Waals surface area contributed by atoms with Crippen LogP contribution in [0.1, 0.15) is 10.5 Å². The van der Waals surface area contributed by atoms with Crippen LogP contribution in [0.2, 0.25) is 5.02 Å². The van der Waals surface area contributed by atoms with Crippen LogP contribution in [-0.2, 0) is 6.67 Å². The SMILES string of the molecule is O=C(Nc1ccc(OC(F)F)c(Cl)c1)c1ccn(Cn2cccn2)n1. The second kappa shape index (κ2) is 7.31. The first-order valence-corrected chi connectivity index (χ1v) is 7.45. The smallest absolute Gasteiger partial charge is 0.387 e. The number of aromatic nitrogens is 4. The van der Waals surface area contributed by atoms with Crippen LogP contribution in [0.25, 0.3) is 0 Å². The topological polar surface area (TPSA) is 74.0 Å². The van der Waals surface area contributed by atoms with Gasteiger partial charge in [0.2, 0.25) is 0 Å². The van der Waals surface area contributed by atoms with Crippen molar-refractivity contribution in [2.45, 2.75) is 13.3 Å². The normalized spacial score (nSPS) is 10.9. The summed E-state index contributed by atoms with van der Waals surface area (Å²) in [6.07, 6.45) is 5.05. The molecule has 0 aliphatic carbocycles. The van der Waals surface area contributed by atoms with Crippen LogP contribution in [0.4, 0.5) is 14.5 Å². The number of amides is 1. The van der Waals surface area contributed by atoms with Gasteiger partial charge in [0.1, 0.15) is 12.4 Å². The molecule has 25 heavy (non-hydrogen) atoms. The molecule has 0 aliphatic heterocycles. The summed E-state index contributed by atoms with van der Waals surface area (Å²) in [5.41, 5.74) is 0.523.